The van der Waals surface area contributed by atoms with Crippen molar-refractivity contribution in [3.8, 4) is 11.8 Å². The van der Waals surface area contributed by atoms with E-state index in [1.165, 1.54) is 18.1 Å². The summed E-state index contributed by atoms with van der Waals surface area (Å²) in [6.45, 7) is 5.94. The molecule has 27 heavy (non-hydrogen) atoms. The molecule has 2 N–H and O–H groups in total. The van der Waals surface area contributed by atoms with Crippen molar-refractivity contribution in [2.45, 2.75) is 44.9 Å². The van der Waals surface area contributed by atoms with Crippen LogP contribution in [0.2, 0.25) is 0 Å². The highest BCUT2D eigenvalue weighted by Gasteiger charge is 2.39. The summed E-state index contributed by atoms with van der Waals surface area (Å²) >= 11 is 0. The number of piperidine rings is 1. The zero-order valence-electron chi connectivity index (χ0n) is 16.2. The SMILES string of the molecule is COc1cc(C2(F)CCN(C(=O)OC(C)(C)C)CC2)ccc1/C(N)=C/C#N. The van der Waals surface area contributed by atoms with Crippen LogP contribution in [0.25, 0.3) is 5.70 Å². The molecule has 1 aromatic rings. The highest BCUT2D eigenvalue weighted by molar-refractivity contribution is 5.70. The maximum Gasteiger partial charge on any atom is 0.410 e. The first-order valence-electron chi connectivity index (χ1n) is 8.80. The number of nitrogens with zero attached hydrogens (tertiary/aromatic N) is 2. The first-order chi connectivity index (χ1) is 12.6. The molecule has 6 nitrogen and oxygen atoms in total. The van der Waals surface area contributed by atoms with Crippen LogP contribution in [-0.2, 0) is 10.4 Å². The van der Waals surface area contributed by atoms with Gasteiger partial charge in [0.2, 0.25) is 0 Å². The van der Waals surface area contributed by atoms with Crippen LogP contribution in [0.1, 0.15) is 44.7 Å². The number of alkyl halides is 1. The number of hydrogen-bond acceptors (Lipinski definition) is 5. The zero-order valence-corrected chi connectivity index (χ0v) is 16.2. The third-order valence-corrected chi connectivity index (χ3v) is 4.46. The third kappa shape index (κ3) is 4.91. The van der Waals surface area contributed by atoms with E-state index in [4.69, 9.17) is 20.5 Å². The fraction of sp³-hybridized carbons (Fsp3) is 0.500. The highest BCUT2D eigenvalue weighted by Crippen LogP contribution is 2.40. The van der Waals surface area contributed by atoms with E-state index in [2.05, 4.69) is 0 Å². The monoisotopic (exact) mass is 375 g/mol. The Kier molecular flexibility index (Phi) is 5.99. The lowest BCUT2D eigenvalue weighted by Crippen LogP contribution is -2.45. The Labute approximate surface area is 159 Å². The molecule has 0 aromatic heterocycles. The average molecular weight is 375 g/mol. The molecule has 1 aliphatic rings. The zero-order chi connectivity index (χ0) is 20.2. The molecule has 0 aliphatic carbocycles. The number of carbonyl (C=O) groups excluding carboxylic acids is 1. The fourth-order valence-electron chi connectivity index (χ4n) is 3.01. The fourth-order valence-corrected chi connectivity index (χ4v) is 3.01. The number of carbonyl (C=O) groups is 1. The van der Waals surface area contributed by atoms with Gasteiger partial charge in [-0.15, -0.1) is 0 Å². The number of ether oxygens (including phenoxy) is 2. The normalized spacial score (nSPS) is 17.2. The Hall–Kier alpha value is -2.75. The van der Waals surface area contributed by atoms with Crippen molar-refractivity contribution in [3.05, 3.63) is 35.4 Å². The number of hydrogen-bond donors (Lipinski definition) is 1. The smallest absolute Gasteiger partial charge is 0.410 e. The van der Waals surface area contributed by atoms with Crippen LogP contribution in [0.15, 0.2) is 24.3 Å². The van der Waals surface area contributed by atoms with Crippen LogP contribution in [0.3, 0.4) is 0 Å². The number of halogens is 1. The van der Waals surface area contributed by atoms with E-state index >= 15 is 4.39 Å². The molecule has 0 bridgehead atoms. The van der Waals surface area contributed by atoms with Gasteiger partial charge in [0.05, 0.1) is 18.9 Å². The second-order valence-electron chi connectivity index (χ2n) is 7.58. The molecule has 7 heteroatoms. The predicted molar refractivity (Wildman–Crippen MR) is 101 cm³/mol. The van der Waals surface area contributed by atoms with Crippen molar-refractivity contribution in [1.29, 1.82) is 5.26 Å². The molecule has 1 heterocycles. The van der Waals surface area contributed by atoms with E-state index in [1.54, 1.807) is 39.0 Å². The van der Waals surface area contributed by atoms with Crippen LogP contribution >= 0.6 is 0 Å². The van der Waals surface area contributed by atoms with Gasteiger partial charge in [0.25, 0.3) is 0 Å². The standard InChI is InChI=1S/C20H26FN3O3/c1-19(2,3)27-18(25)24-11-8-20(21,9-12-24)14-5-6-15(16(23)7-10-22)17(13-14)26-4/h5-7,13H,8-9,11-12,23H2,1-4H3/b16-7-. The molecule has 0 spiro atoms. The minimum atomic E-state index is -1.57. The number of allylic oxidation sites excluding steroid dienone is 1. The molecule has 146 valence electrons. The molecule has 1 saturated heterocycles. The molecule has 0 atom stereocenters. The van der Waals surface area contributed by atoms with Crippen molar-refractivity contribution < 1.29 is 18.7 Å². The van der Waals surface area contributed by atoms with Gasteiger partial charge in [-0.1, -0.05) is 6.07 Å². The topological polar surface area (TPSA) is 88.6 Å². The van der Waals surface area contributed by atoms with E-state index in [1.807, 2.05) is 6.07 Å². The van der Waals surface area contributed by atoms with E-state index < -0.39 is 17.4 Å². The highest BCUT2D eigenvalue weighted by atomic mass is 19.1. The van der Waals surface area contributed by atoms with Crippen molar-refractivity contribution in [2.75, 3.05) is 20.2 Å². The number of benzene rings is 1. The molecular formula is C20H26FN3O3. The molecule has 1 aliphatic heterocycles. The average Bonchev–Trinajstić information content (AvgIpc) is 2.60. The Morgan fingerprint density at radius 2 is 2.00 bits per heavy atom. The van der Waals surface area contributed by atoms with Gasteiger partial charge >= 0.3 is 6.09 Å². The van der Waals surface area contributed by atoms with Crippen molar-refractivity contribution in [3.63, 3.8) is 0 Å². The van der Waals surface area contributed by atoms with Crippen LogP contribution in [0.5, 0.6) is 5.75 Å². The number of nitrogens with two attached hydrogens (primary N) is 1. The largest absolute Gasteiger partial charge is 0.496 e. The van der Waals surface area contributed by atoms with E-state index in [0.29, 0.717) is 16.9 Å². The molecule has 0 unspecified atom stereocenters. The summed E-state index contributed by atoms with van der Waals surface area (Å²) in [7, 11) is 1.47. The van der Waals surface area contributed by atoms with Gasteiger partial charge in [0.15, 0.2) is 0 Å². The first kappa shape index (κ1) is 20.6. The van der Waals surface area contributed by atoms with Crippen LogP contribution < -0.4 is 10.5 Å². The Morgan fingerprint density at radius 1 is 1.37 bits per heavy atom. The van der Waals surface area contributed by atoms with Crippen molar-refractivity contribution in [2.24, 2.45) is 5.73 Å². The molecule has 2 rings (SSSR count). The van der Waals surface area contributed by atoms with Gasteiger partial charge < -0.3 is 20.1 Å². The lowest BCUT2D eigenvalue weighted by atomic mass is 9.85. The summed E-state index contributed by atoms with van der Waals surface area (Å²) in [6, 6.07) is 6.78. The maximum atomic E-state index is 15.5. The second kappa shape index (κ2) is 7.87. The van der Waals surface area contributed by atoms with Crippen molar-refractivity contribution >= 4 is 11.8 Å². The van der Waals surface area contributed by atoms with E-state index in [0.717, 1.165) is 0 Å². The number of rotatable bonds is 3. The van der Waals surface area contributed by atoms with Crippen LogP contribution in [0.4, 0.5) is 9.18 Å². The van der Waals surface area contributed by atoms with Crippen LogP contribution in [-0.4, -0.2) is 36.8 Å². The van der Waals surface area contributed by atoms with Gasteiger partial charge in [-0.2, -0.15) is 5.26 Å². The maximum absolute atomic E-state index is 15.5. The molecular weight excluding hydrogens is 349 g/mol. The Bertz CT molecular complexity index is 770. The molecule has 0 radical (unpaired) electrons. The number of likely N-dealkylation sites (tertiary alicyclic amines) is 1. The quantitative estimate of drug-likeness (QED) is 0.814. The summed E-state index contributed by atoms with van der Waals surface area (Å²) < 4.78 is 26.2. The summed E-state index contributed by atoms with van der Waals surface area (Å²) in [5.74, 6) is 0.406. The summed E-state index contributed by atoms with van der Waals surface area (Å²) in [5, 5.41) is 8.75. The Balaban J connectivity index is 2.16. The van der Waals surface area contributed by atoms with Gasteiger partial charge in [0, 0.05) is 37.6 Å². The first-order valence-corrected chi connectivity index (χ1v) is 8.80. The van der Waals surface area contributed by atoms with Gasteiger partial charge in [0.1, 0.15) is 17.0 Å². The number of nitriles is 1. The minimum Gasteiger partial charge on any atom is -0.496 e. The van der Waals surface area contributed by atoms with Crippen molar-refractivity contribution in [1.82, 2.24) is 4.90 Å². The van der Waals surface area contributed by atoms with Crippen LogP contribution in [0, 0.1) is 11.3 Å². The lowest BCUT2D eigenvalue weighted by Gasteiger charge is -2.37. The second-order valence-corrected chi connectivity index (χ2v) is 7.58. The summed E-state index contributed by atoms with van der Waals surface area (Å²) in [4.78, 5) is 13.7. The molecule has 1 aromatic carbocycles. The Morgan fingerprint density at radius 3 is 2.52 bits per heavy atom. The predicted octanol–water partition coefficient (Wildman–Crippen LogP) is 3.71. The van der Waals surface area contributed by atoms with E-state index in [9.17, 15) is 4.79 Å². The third-order valence-electron chi connectivity index (χ3n) is 4.46. The minimum absolute atomic E-state index is 0.165. The lowest BCUT2D eigenvalue weighted by molar-refractivity contribution is 0.00216. The number of methoxy groups -OCH3 is 1. The van der Waals surface area contributed by atoms with E-state index in [-0.39, 0.29) is 31.6 Å². The summed E-state index contributed by atoms with van der Waals surface area (Å²) in [6.07, 6.45) is 1.12. The van der Waals surface area contributed by atoms with Gasteiger partial charge in [-0.05, 0) is 38.5 Å². The number of amides is 1. The molecule has 1 amide bonds. The van der Waals surface area contributed by atoms with Gasteiger partial charge in [-0.25, -0.2) is 9.18 Å². The summed E-state index contributed by atoms with van der Waals surface area (Å²) in [5.41, 5.74) is 4.97. The molecule has 0 saturated carbocycles. The van der Waals surface area contributed by atoms with Gasteiger partial charge in [-0.3, -0.25) is 0 Å². The molecule has 1 fully saturated rings.